The lowest BCUT2D eigenvalue weighted by molar-refractivity contribution is -0.113. The van der Waals surface area contributed by atoms with Gasteiger partial charge in [0.15, 0.2) is 0 Å². The zero-order valence-electron chi connectivity index (χ0n) is 9.60. The zero-order chi connectivity index (χ0) is 12.8. The molecule has 0 radical (unpaired) electrons. The maximum atomic E-state index is 11.7. The quantitative estimate of drug-likeness (QED) is 0.854. The molecule has 2 nitrogen and oxygen atoms in total. The number of rotatable bonds is 4. The standard InChI is InChI=1S/C14H12ClNOS/c15-11-5-4-8-13(9-11)18-10-14(17)16-12-6-2-1-3-7-12/h1-9H,10H2,(H,16,17). The molecule has 0 atom stereocenters. The van der Waals surface area contributed by atoms with Crippen LogP contribution in [0.3, 0.4) is 0 Å². The Labute approximate surface area is 115 Å². The van der Waals surface area contributed by atoms with E-state index in [1.54, 1.807) is 0 Å². The molecule has 0 aromatic heterocycles. The summed E-state index contributed by atoms with van der Waals surface area (Å²) in [5, 5.41) is 3.52. The number of carbonyl (C=O) groups excluding carboxylic acids is 1. The molecular formula is C14H12ClNOS. The molecule has 0 saturated carbocycles. The lowest BCUT2D eigenvalue weighted by Crippen LogP contribution is -2.13. The highest BCUT2D eigenvalue weighted by atomic mass is 35.5. The molecular weight excluding hydrogens is 266 g/mol. The molecule has 0 heterocycles. The molecule has 2 aromatic rings. The van der Waals surface area contributed by atoms with E-state index in [1.165, 1.54) is 11.8 Å². The number of hydrogen-bond acceptors (Lipinski definition) is 2. The number of amides is 1. The summed E-state index contributed by atoms with van der Waals surface area (Å²) in [6.07, 6.45) is 0. The van der Waals surface area contributed by atoms with Gasteiger partial charge in [0.05, 0.1) is 5.75 Å². The number of anilines is 1. The number of nitrogens with one attached hydrogen (secondary N) is 1. The fraction of sp³-hybridized carbons (Fsp3) is 0.0714. The molecule has 0 fully saturated rings. The minimum Gasteiger partial charge on any atom is -0.325 e. The molecule has 4 heteroatoms. The highest BCUT2D eigenvalue weighted by molar-refractivity contribution is 8.00. The lowest BCUT2D eigenvalue weighted by atomic mass is 10.3. The van der Waals surface area contributed by atoms with Gasteiger partial charge in [0.25, 0.3) is 0 Å². The molecule has 92 valence electrons. The van der Waals surface area contributed by atoms with Gasteiger partial charge in [-0.3, -0.25) is 4.79 Å². The van der Waals surface area contributed by atoms with Gasteiger partial charge in [0, 0.05) is 15.6 Å². The fourth-order valence-corrected chi connectivity index (χ4v) is 2.43. The molecule has 0 spiro atoms. The second-order valence-electron chi connectivity index (χ2n) is 3.66. The van der Waals surface area contributed by atoms with Gasteiger partial charge in [0.1, 0.15) is 0 Å². The Morgan fingerprint density at radius 1 is 1.11 bits per heavy atom. The van der Waals surface area contributed by atoms with Crippen LogP contribution in [0.25, 0.3) is 0 Å². The maximum absolute atomic E-state index is 11.7. The number of benzene rings is 2. The van der Waals surface area contributed by atoms with Gasteiger partial charge in [-0.1, -0.05) is 35.9 Å². The van der Waals surface area contributed by atoms with Crippen molar-refractivity contribution in [2.75, 3.05) is 11.1 Å². The highest BCUT2D eigenvalue weighted by Crippen LogP contribution is 2.21. The Balaban J connectivity index is 1.85. The summed E-state index contributed by atoms with van der Waals surface area (Å²) >= 11 is 7.34. The minimum atomic E-state index is -0.0221. The molecule has 0 saturated heterocycles. The van der Waals surface area contributed by atoms with Crippen molar-refractivity contribution >= 4 is 35.0 Å². The smallest absolute Gasteiger partial charge is 0.234 e. The average Bonchev–Trinajstić information content (AvgIpc) is 2.38. The van der Waals surface area contributed by atoms with Crippen LogP contribution in [0.2, 0.25) is 5.02 Å². The van der Waals surface area contributed by atoms with Crippen molar-refractivity contribution < 1.29 is 4.79 Å². The summed E-state index contributed by atoms with van der Waals surface area (Å²) in [4.78, 5) is 12.7. The molecule has 0 unspecified atom stereocenters. The first-order chi connectivity index (χ1) is 8.74. The molecule has 2 rings (SSSR count). The summed E-state index contributed by atoms with van der Waals surface area (Å²) in [5.41, 5.74) is 0.814. The summed E-state index contributed by atoms with van der Waals surface area (Å²) in [7, 11) is 0. The predicted molar refractivity (Wildman–Crippen MR) is 77.2 cm³/mol. The van der Waals surface area contributed by atoms with E-state index in [0.717, 1.165) is 10.6 Å². The van der Waals surface area contributed by atoms with Gasteiger partial charge in [0.2, 0.25) is 5.91 Å². The first-order valence-corrected chi connectivity index (χ1v) is 6.84. The van der Waals surface area contributed by atoms with Crippen LogP contribution in [0, 0.1) is 0 Å². The third kappa shape index (κ3) is 4.09. The van der Waals surface area contributed by atoms with Crippen LogP contribution < -0.4 is 5.32 Å². The van der Waals surface area contributed by atoms with Gasteiger partial charge in [-0.15, -0.1) is 11.8 Å². The molecule has 1 amide bonds. The zero-order valence-corrected chi connectivity index (χ0v) is 11.2. The fourth-order valence-electron chi connectivity index (χ4n) is 1.42. The van der Waals surface area contributed by atoms with Gasteiger partial charge in [-0.25, -0.2) is 0 Å². The molecule has 0 aliphatic rings. The third-order valence-corrected chi connectivity index (χ3v) is 3.45. The summed E-state index contributed by atoms with van der Waals surface area (Å²) < 4.78 is 0. The average molecular weight is 278 g/mol. The Morgan fingerprint density at radius 3 is 2.61 bits per heavy atom. The summed E-state index contributed by atoms with van der Waals surface area (Å²) in [6, 6.07) is 16.9. The second-order valence-corrected chi connectivity index (χ2v) is 5.15. The van der Waals surface area contributed by atoms with E-state index in [0.29, 0.717) is 10.8 Å². The first-order valence-electron chi connectivity index (χ1n) is 5.47. The van der Waals surface area contributed by atoms with E-state index in [4.69, 9.17) is 11.6 Å². The van der Waals surface area contributed by atoms with Crippen LogP contribution in [0.5, 0.6) is 0 Å². The Morgan fingerprint density at radius 2 is 1.89 bits per heavy atom. The van der Waals surface area contributed by atoms with Crippen molar-refractivity contribution in [1.82, 2.24) is 0 Å². The van der Waals surface area contributed by atoms with Crippen molar-refractivity contribution in [3.8, 4) is 0 Å². The van der Waals surface area contributed by atoms with Gasteiger partial charge in [-0.2, -0.15) is 0 Å². The normalized spacial score (nSPS) is 10.1. The predicted octanol–water partition coefficient (Wildman–Crippen LogP) is 4.07. The summed E-state index contributed by atoms with van der Waals surface area (Å²) in [6.45, 7) is 0. The van der Waals surface area contributed by atoms with E-state index < -0.39 is 0 Å². The Bertz CT molecular complexity index is 530. The molecule has 2 aromatic carbocycles. The van der Waals surface area contributed by atoms with Crippen molar-refractivity contribution in [3.05, 3.63) is 59.6 Å². The number of halogens is 1. The van der Waals surface area contributed by atoms with E-state index in [2.05, 4.69) is 5.32 Å². The SMILES string of the molecule is O=C(CSc1cccc(Cl)c1)Nc1ccccc1. The molecule has 0 aliphatic heterocycles. The monoisotopic (exact) mass is 277 g/mol. The Kier molecular flexibility index (Phi) is 4.67. The van der Waals surface area contributed by atoms with Crippen molar-refractivity contribution in [2.24, 2.45) is 0 Å². The van der Waals surface area contributed by atoms with E-state index in [1.807, 2.05) is 54.6 Å². The molecule has 1 N–H and O–H groups in total. The largest absolute Gasteiger partial charge is 0.325 e. The van der Waals surface area contributed by atoms with Crippen LogP contribution in [-0.4, -0.2) is 11.7 Å². The highest BCUT2D eigenvalue weighted by Gasteiger charge is 2.03. The minimum absolute atomic E-state index is 0.0221. The number of para-hydroxylation sites is 1. The van der Waals surface area contributed by atoms with Crippen LogP contribution in [0.15, 0.2) is 59.5 Å². The summed E-state index contributed by atoms with van der Waals surface area (Å²) in [5.74, 6) is 0.348. The van der Waals surface area contributed by atoms with Gasteiger partial charge < -0.3 is 5.32 Å². The maximum Gasteiger partial charge on any atom is 0.234 e. The lowest BCUT2D eigenvalue weighted by Gasteiger charge is -2.05. The Hall–Kier alpha value is -1.45. The van der Waals surface area contributed by atoms with E-state index in [-0.39, 0.29) is 5.91 Å². The number of carbonyl (C=O) groups is 1. The van der Waals surface area contributed by atoms with E-state index in [9.17, 15) is 4.79 Å². The van der Waals surface area contributed by atoms with E-state index >= 15 is 0 Å². The van der Waals surface area contributed by atoms with Gasteiger partial charge >= 0.3 is 0 Å². The van der Waals surface area contributed by atoms with Crippen LogP contribution in [-0.2, 0) is 4.79 Å². The van der Waals surface area contributed by atoms with Crippen LogP contribution in [0.1, 0.15) is 0 Å². The van der Waals surface area contributed by atoms with Crippen molar-refractivity contribution in [2.45, 2.75) is 4.90 Å². The molecule has 18 heavy (non-hydrogen) atoms. The van der Waals surface area contributed by atoms with Crippen molar-refractivity contribution in [1.29, 1.82) is 0 Å². The van der Waals surface area contributed by atoms with Crippen molar-refractivity contribution in [3.63, 3.8) is 0 Å². The topological polar surface area (TPSA) is 29.1 Å². The number of thioether (sulfide) groups is 1. The molecule has 0 aliphatic carbocycles. The first kappa shape index (κ1) is 13.0. The third-order valence-electron chi connectivity index (χ3n) is 2.22. The van der Waals surface area contributed by atoms with Crippen LogP contribution >= 0.6 is 23.4 Å². The van der Waals surface area contributed by atoms with Gasteiger partial charge in [-0.05, 0) is 30.3 Å². The molecule has 0 bridgehead atoms. The number of hydrogen-bond donors (Lipinski definition) is 1. The van der Waals surface area contributed by atoms with Crippen LogP contribution in [0.4, 0.5) is 5.69 Å². The second kappa shape index (κ2) is 6.47.